The molecule has 1 aliphatic heterocycles. The molecule has 0 spiro atoms. The summed E-state index contributed by atoms with van der Waals surface area (Å²) in [6.07, 6.45) is 1.28. The van der Waals surface area contributed by atoms with Crippen LogP contribution in [-0.4, -0.2) is 39.2 Å². The molecule has 2 aromatic rings. The second-order valence-electron chi connectivity index (χ2n) is 7.80. The molecule has 0 aliphatic carbocycles. The largest absolute Gasteiger partial charge is 0.444 e. The van der Waals surface area contributed by atoms with E-state index in [9.17, 15) is 19.7 Å². The van der Waals surface area contributed by atoms with Crippen LogP contribution in [0.2, 0.25) is 0 Å². The molecule has 0 unspecified atom stereocenters. The Balaban J connectivity index is 1.67. The molecule has 8 nitrogen and oxygen atoms in total. The molecule has 27 heavy (non-hydrogen) atoms. The minimum absolute atomic E-state index is 0.0124. The number of hydrogen-bond donors (Lipinski definition) is 0. The van der Waals surface area contributed by atoms with E-state index in [1.807, 2.05) is 20.8 Å². The number of carbonyl (C=O) groups is 1. The zero-order chi connectivity index (χ0) is 19.8. The van der Waals surface area contributed by atoms with Crippen molar-refractivity contribution in [2.24, 2.45) is 5.92 Å². The SMILES string of the molecule is CC(C)(C)OC(=O)N1CCC(Cn2c(=O)sc3cc([N+](=O)[O-])ccc32)CC1. The number of thiazole rings is 1. The highest BCUT2D eigenvalue weighted by molar-refractivity contribution is 7.16. The number of likely N-dealkylation sites (tertiary alicyclic amines) is 1. The lowest BCUT2D eigenvalue weighted by Gasteiger charge is -2.33. The summed E-state index contributed by atoms with van der Waals surface area (Å²) in [5.74, 6) is 0.273. The van der Waals surface area contributed by atoms with Crippen molar-refractivity contribution >= 4 is 33.3 Å². The van der Waals surface area contributed by atoms with Gasteiger partial charge in [-0.3, -0.25) is 19.5 Å². The molecule has 0 N–H and O–H groups in total. The summed E-state index contributed by atoms with van der Waals surface area (Å²) in [5, 5.41) is 10.9. The van der Waals surface area contributed by atoms with E-state index in [4.69, 9.17) is 4.74 Å². The third kappa shape index (κ3) is 4.47. The lowest BCUT2D eigenvalue weighted by molar-refractivity contribution is -0.384. The van der Waals surface area contributed by atoms with Gasteiger partial charge in [0.2, 0.25) is 0 Å². The van der Waals surface area contributed by atoms with Crippen molar-refractivity contribution in [2.75, 3.05) is 13.1 Å². The molecule has 1 aromatic carbocycles. The highest BCUT2D eigenvalue weighted by Crippen LogP contribution is 2.26. The first-order valence-electron chi connectivity index (χ1n) is 8.90. The standard InChI is InChI=1S/C18H23N3O5S/c1-18(2,3)26-16(22)19-8-6-12(7-9-19)11-20-14-5-4-13(21(24)25)10-15(14)27-17(20)23/h4-5,10,12H,6-9,11H2,1-3H3. The third-order valence-corrected chi connectivity index (χ3v) is 5.51. The molecule has 1 saturated heterocycles. The summed E-state index contributed by atoms with van der Waals surface area (Å²) < 4.78 is 7.72. The summed E-state index contributed by atoms with van der Waals surface area (Å²) in [5.41, 5.74) is 0.200. The van der Waals surface area contributed by atoms with Gasteiger partial charge in [0.25, 0.3) is 5.69 Å². The Bertz CT molecular complexity index is 919. The predicted octanol–water partition coefficient (Wildman–Crippen LogP) is 3.62. The van der Waals surface area contributed by atoms with Crippen molar-refractivity contribution in [1.82, 2.24) is 9.47 Å². The number of carbonyl (C=O) groups excluding carboxylic acids is 1. The summed E-state index contributed by atoms with van der Waals surface area (Å²) >= 11 is 1.03. The van der Waals surface area contributed by atoms with Gasteiger partial charge < -0.3 is 9.64 Å². The quantitative estimate of drug-likeness (QED) is 0.586. The van der Waals surface area contributed by atoms with Gasteiger partial charge in [-0.15, -0.1) is 0 Å². The first kappa shape index (κ1) is 19.3. The fraction of sp³-hybridized carbons (Fsp3) is 0.556. The van der Waals surface area contributed by atoms with Crippen molar-refractivity contribution < 1.29 is 14.5 Å². The fourth-order valence-electron chi connectivity index (χ4n) is 3.22. The number of nitrogens with zero attached hydrogens (tertiary/aromatic N) is 3. The normalized spacial score (nSPS) is 15.9. The van der Waals surface area contributed by atoms with E-state index in [0.717, 1.165) is 29.7 Å². The van der Waals surface area contributed by atoms with Crippen LogP contribution in [0.25, 0.3) is 10.2 Å². The molecular weight excluding hydrogens is 370 g/mol. The van der Waals surface area contributed by atoms with E-state index in [-0.39, 0.29) is 22.6 Å². The van der Waals surface area contributed by atoms with Crippen molar-refractivity contribution in [3.8, 4) is 0 Å². The van der Waals surface area contributed by atoms with Crippen LogP contribution in [0, 0.1) is 16.0 Å². The van der Waals surface area contributed by atoms with Gasteiger partial charge >= 0.3 is 11.0 Å². The second kappa shape index (κ2) is 7.30. The van der Waals surface area contributed by atoms with Crippen LogP contribution in [0.15, 0.2) is 23.0 Å². The van der Waals surface area contributed by atoms with Gasteiger partial charge in [0.05, 0.1) is 15.1 Å². The number of benzene rings is 1. The van der Waals surface area contributed by atoms with E-state index in [1.54, 1.807) is 15.5 Å². The highest BCUT2D eigenvalue weighted by Gasteiger charge is 2.27. The van der Waals surface area contributed by atoms with Crippen molar-refractivity contribution in [2.45, 2.75) is 45.8 Å². The van der Waals surface area contributed by atoms with Crippen LogP contribution in [0.5, 0.6) is 0 Å². The Morgan fingerprint density at radius 2 is 2.00 bits per heavy atom. The number of hydrogen-bond acceptors (Lipinski definition) is 6. The average Bonchev–Trinajstić information content (AvgIpc) is 2.88. The first-order chi connectivity index (χ1) is 12.6. The number of non-ortho nitro benzene ring substituents is 1. The van der Waals surface area contributed by atoms with Gasteiger partial charge in [0.15, 0.2) is 0 Å². The van der Waals surface area contributed by atoms with Gasteiger partial charge in [-0.05, 0) is 45.6 Å². The monoisotopic (exact) mass is 393 g/mol. The zero-order valence-electron chi connectivity index (χ0n) is 15.6. The van der Waals surface area contributed by atoms with E-state index in [1.165, 1.54) is 12.1 Å². The molecule has 146 valence electrons. The maximum absolute atomic E-state index is 12.3. The molecular formula is C18H23N3O5S. The molecule has 1 aromatic heterocycles. The second-order valence-corrected chi connectivity index (χ2v) is 8.79. The average molecular weight is 393 g/mol. The highest BCUT2D eigenvalue weighted by atomic mass is 32.1. The Morgan fingerprint density at radius 3 is 2.59 bits per heavy atom. The van der Waals surface area contributed by atoms with Crippen molar-refractivity contribution in [3.05, 3.63) is 38.0 Å². The smallest absolute Gasteiger partial charge is 0.410 e. The van der Waals surface area contributed by atoms with Crippen LogP contribution < -0.4 is 4.87 Å². The molecule has 3 rings (SSSR count). The van der Waals surface area contributed by atoms with Crippen LogP contribution in [0.4, 0.5) is 10.5 Å². The fourth-order valence-corrected chi connectivity index (χ4v) is 4.16. The maximum atomic E-state index is 12.3. The van der Waals surface area contributed by atoms with Crippen LogP contribution in [0.1, 0.15) is 33.6 Å². The molecule has 0 saturated carbocycles. The van der Waals surface area contributed by atoms with Crippen molar-refractivity contribution in [3.63, 3.8) is 0 Å². The summed E-state index contributed by atoms with van der Waals surface area (Å²) in [7, 11) is 0. The van der Waals surface area contributed by atoms with E-state index in [2.05, 4.69) is 0 Å². The van der Waals surface area contributed by atoms with E-state index in [0.29, 0.717) is 24.3 Å². The Kier molecular flexibility index (Phi) is 5.23. The number of aromatic nitrogens is 1. The number of rotatable bonds is 3. The summed E-state index contributed by atoms with van der Waals surface area (Å²) in [6, 6.07) is 4.51. The minimum Gasteiger partial charge on any atom is -0.444 e. The van der Waals surface area contributed by atoms with Gasteiger partial charge in [0, 0.05) is 31.8 Å². The topological polar surface area (TPSA) is 94.7 Å². The van der Waals surface area contributed by atoms with Crippen LogP contribution >= 0.6 is 11.3 Å². The molecule has 1 aliphatic rings. The zero-order valence-corrected chi connectivity index (χ0v) is 16.5. The number of nitro groups is 1. The van der Waals surface area contributed by atoms with Crippen molar-refractivity contribution in [1.29, 1.82) is 0 Å². The molecule has 9 heteroatoms. The Hall–Kier alpha value is -2.42. The maximum Gasteiger partial charge on any atom is 0.410 e. The number of amides is 1. The molecule has 2 heterocycles. The molecule has 0 radical (unpaired) electrons. The third-order valence-electron chi connectivity index (χ3n) is 4.57. The minimum atomic E-state index is -0.514. The number of ether oxygens (including phenoxy) is 1. The number of nitro benzene ring substituents is 1. The van der Waals surface area contributed by atoms with Crippen LogP contribution in [-0.2, 0) is 11.3 Å². The van der Waals surface area contributed by atoms with Gasteiger partial charge in [0.1, 0.15) is 5.60 Å². The Morgan fingerprint density at radius 1 is 1.33 bits per heavy atom. The number of piperidine rings is 1. The number of fused-ring (bicyclic) bond motifs is 1. The summed E-state index contributed by atoms with van der Waals surface area (Å²) in [6.45, 7) is 7.28. The van der Waals surface area contributed by atoms with Crippen LogP contribution in [0.3, 0.4) is 0 Å². The first-order valence-corrected chi connectivity index (χ1v) is 9.71. The lowest BCUT2D eigenvalue weighted by Crippen LogP contribution is -2.42. The van der Waals surface area contributed by atoms with Gasteiger partial charge in [-0.1, -0.05) is 11.3 Å². The van der Waals surface area contributed by atoms with E-state index < -0.39 is 10.5 Å². The molecule has 1 fully saturated rings. The molecule has 1 amide bonds. The van der Waals surface area contributed by atoms with Gasteiger partial charge in [-0.25, -0.2) is 4.79 Å². The van der Waals surface area contributed by atoms with E-state index >= 15 is 0 Å². The lowest BCUT2D eigenvalue weighted by atomic mass is 9.97. The van der Waals surface area contributed by atoms with Gasteiger partial charge in [-0.2, -0.15) is 0 Å². The molecule has 0 atom stereocenters. The molecule has 0 bridgehead atoms. The summed E-state index contributed by atoms with van der Waals surface area (Å²) in [4.78, 5) is 36.5. The Labute approximate surface area is 160 Å². The predicted molar refractivity (Wildman–Crippen MR) is 103 cm³/mol.